The summed E-state index contributed by atoms with van der Waals surface area (Å²) < 4.78 is 8.92. The van der Waals surface area contributed by atoms with Crippen LogP contribution in [0, 0.1) is 59.2 Å². The van der Waals surface area contributed by atoms with Gasteiger partial charge < -0.3 is 0 Å². The monoisotopic (exact) mass is 620 g/mol. The number of carbonyl (C=O) groups excluding carboxylic acids is 2. The average Bonchev–Trinajstić information content (AvgIpc) is 3.07. The van der Waals surface area contributed by atoms with E-state index in [4.69, 9.17) is 0 Å². The van der Waals surface area contributed by atoms with Crippen LogP contribution in [0.15, 0.2) is 8.94 Å². The van der Waals surface area contributed by atoms with E-state index in [-0.39, 0.29) is 30.7 Å². The molecule has 33 heavy (non-hydrogen) atoms. The topological polar surface area (TPSA) is 52.6 Å². The molecule has 0 amide bonds. The molecule has 2 aliphatic rings. The Morgan fingerprint density at radius 2 is 0.576 bits per heavy atom. The Hall–Kier alpha value is 0.433. The number of rotatable bonds is 2. The molecule has 12 radical (unpaired) electrons. The van der Waals surface area contributed by atoms with Gasteiger partial charge in [-0.2, -0.15) is 0 Å². The number of esters is 2. The molecule has 0 heterocycles. The van der Waals surface area contributed by atoms with Gasteiger partial charge in [0.2, 0.25) is 0 Å². The van der Waals surface area contributed by atoms with Crippen LogP contribution in [0.2, 0.25) is 0 Å². The molecular weight excluding hydrogens is 582 g/mol. The number of hydrogen-bond donors (Lipinski definition) is 0. The second-order valence-corrected chi connectivity index (χ2v) is 9.60. The van der Waals surface area contributed by atoms with Crippen LogP contribution in [0.1, 0.15) is 69.2 Å². The molecule has 2 rings (SSSR count). The number of hydrogen-bond acceptors (Lipinski definition) is 4. The third-order valence-corrected chi connectivity index (χ3v) is 8.78. The molecule has 180 valence electrons. The second kappa shape index (κ2) is 16.2. The predicted octanol–water partition coefficient (Wildman–Crippen LogP) is 4.82. The van der Waals surface area contributed by atoms with Gasteiger partial charge in [0.05, 0.1) is 0 Å². The van der Waals surface area contributed by atoms with Crippen LogP contribution < -0.4 is 0 Å². The Labute approximate surface area is 235 Å². The molecule has 2 saturated carbocycles. The van der Waals surface area contributed by atoms with Crippen molar-refractivity contribution in [1.29, 1.82) is 0 Å². The quantitative estimate of drug-likeness (QED) is 0.253. The molecular formula is C26H36O4Se2Ti. The number of ether oxygens (including phenoxy) is 2. The smallest absolute Gasteiger partial charge is 0 e. The van der Waals surface area contributed by atoms with E-state index >= 15 is 0 Å². The van der Waals surface area contributed by atoms with Gasteiger partial charge in [0, 0.05) is 21.7 Å². The SMILES string of the molecule is COC(=O)/C([Se])=C(/[Se])C(=O)OC.C[C]1[C](C)[C](C)[C](C)[C]1C.C[C]1[C](C)[C](C)[C](C)[C]1C.[Ti]. The van der Waals surface area contributed by atoms with E-state index in [1.165, 1.54) is 73.4 Å². The molecule has 0 spiro atoms. The third-order valence-electron chi connectivity index (χ3n) is 6.57. The van der Waals surface area contributed by atoms with Gasteiger partial charge in [-0.05, 0) is 59.2 Å². The van der Waals surface area contributed by atoms with Crippen molar-refractivity contribution in [2.24, 2.45) is 0 Å². The molecule has 0 aromatic rings. The van der Waals surface area contributed by atoms with E-state index in [9.17, 15) is 9.59 Å². The minimum atomic E-state index is -0.603. The third kappa shape index (κ3) is 9.43. The zero-order valence-electron chi connectivity index (χ0n) is 21.9. The summed E-state index contributed by atoms with van der Waals surface area (Å²) in [4.78, 5) is 21.7. The summed E-state index contributed by atoms with van der Waals surface area (Å²) in [5.41, 5.74) is 0. The normalized spacial score (nSPS) is 21.5. The Morgan fingerprint density at radius 1 is 0.455 bits per heavy atom. The van der Waals surface area contributed by atoms with Crippen LogP contribution in [0.5, 0.6) is 0 Å². The van der Waals surface area contributed by atoms with Crippen molar-refractivity contribution in [3.8, 4) is 0 Å². The molecule has 0 atom stereocenters. The van der Waals surface area contributed by atoms with Crippen molar-refractivity contribution < 1.29 is 40.8 Å². The Kier molecular flexibility index (Phi) is 17.5. The molecule has 4 nitrogen and oxygen atoms in total. The van der Waals surface area contributed by atoms with Crippen molar-refractivity contribution in [3.63, 3.8) is 0 Å². The van der Waals surface area contributed by atoms with E-state index in [2.05, 4.69) is 111 Å². The Balaban J connectivity index is 0. The summed E-state index contributed by atoms with van der Waals surface area (Å²) in [5.74, 6) is 13.5. The fraction of sp³-hybridized carbons (Fsp3) is 0.462. The number of carbonyl (C=O) groups is 2. The summed E-state index contributed by atoms with van der Waals surface area (Å²) in [5, 5.41) is 0. The van der Waals surface area contributed by atoms with Crippen LogP contribution in [0.3, 0.4) is 0 Å². The average molecular weight is 618 g/mol. The van der Waals surface area contributed by atoms with Crippen LogP contribution in [-0.4, -0.2) is 58.2 Å². The largest absolute Gasteiger partial charge is 0.0579 e. The molecule has 0 saturated heterocycles. The molecule has 0 aromatic heterocycles. The Morgan fingerprint density at radius 3 is 0.667 bits per heavy atom. The molecule has 7 heteroatoms. The maximum Gasteiger partial charge on any atom is 0 e. The predicted molar refractivity (Wildman–Crippen MR) is 132 cm³/mol. The Bertz CT molecular complexity index is 511. The first kappa shape index (κ1) is 35.6. The molecule has 0 aromatic carbocycles. The van der Waals surface area contributed by atoms with E-state index in [0.717, 1.165) is 0 Å². The number of methoxy groups -OCH3 is 2. The van der Waals surface area contributed by atoms with Crippen molar-refractivity contribution >= 4 is 44.0 Å². The van der Waals surface area contributed by atoms with Gasteiger partial charge in [-0.3, -0.25) is 0 Å². The van der Waals surface area contributed by atoms with Crippen LogP contribution >= 0.6 is 0 Å². The standard InChI is InChI=1S/2C10H15.C6H6O4Se2.Ti/c2*1-6-7(2)9(4)10(5)8(6)3;1-9-5(7)3(11)4(12)6(8)10-2;/h2*1-5H3;1-2H3;/b;;4-3-;. The van der Waals surface area contributed by atoms with E-state index < -0.39 is 11.9 Å². The zero-order valence-corrected chi connectivity index (χ0v) is 26.9. The molecule has 0 bridgehead atoms. The van der Waals surface area contributed by atoms with Gasteiger partial charge in [-0.15, -0.1) is 0 Å². The van der Waals surface area contributed by atoms with E-state index in [1.54, 1.807) is 0 Å². The summed E-state index contributed by atoms with van der Waals surface area (Å²) in [7, 11) is 2.45. The summed E-state index contributed by atoms with van der Waals surface area (Å²) in [6.45, 7) is 22.0. The summed E-state index contributed by atoms with van der Waals surface area (Å²) in [6, 6.07) is 0. The van der Waals surface area contributed by atoms with Crippen molar-refractivity contribution in [1.82, 2.24) is 0 Å². The van der Waals surface area contributed by atoms with E-state index in [0.29, 0.717) is 0 Å². The summed E-state index contributed by atoms with van der Waals surface area (Å²) in [6.07, 6.45) is 0. The molecule has 0 aliphatic heterocycles. The molecule has 2 aliphatic carbocycles. The van der Waals surface area contributed by atoms with Crippen LogP contribution in [0.25, 0.3) is 0 Å². The van der Waals surface area contributed by atoms with Gasteiger partial charge in [-0.25, -0.2) is 0 Å². The van der Waals surface area contributed by atoms with Gasteiger partial charge in [-0.1, -0.05) is 69.2 Å². The van der Waals surface area contributed by atoms with Crippen molar-refractivity contribution in [3.05, 3.63) is 68.1 Å². The van der Waals surface area contributed by atoms with Crippen LogP contribution in [-0.2, 0) is 40.8 Å². The molecule has 0 unspecified atom stereocenters. The zero-order chi connectivity index (χ0) is 25.5. The van der Waals surface area contributed by atoms with Gasteiger partial charge in [0.25, 0.3) is 0 Å². The van der Waals surface area contributed by atoms with E-state index in [1.807, 2.05) is 0 Å². The first-order chi connectivity index (χ1) is 14.6. The van der Waals surface area contributed by atoms with Crippen LogP contribution in [0.4, 0.5) is 0 Å². The van der Waals surface area contributed by atoms with Gasteiger partial charge >= 0.3 is 86.2 Å². The maximum atomic E-state index is 10.8. The van der Waals surface area contributed by atoms with Gasteiger partial charge in [0.15, 0.2) is 0 Å². The van der Waals surface area contributed by atoms with Crippen molar-refractivity contribution in [2.45, 2.75) is 69.2 Å². The molecule has 0 N–H and O–H groups in total. The minimum absolute atomic E-state index is 0. The first-order valence-corrected chi connectivity index (χ1v) is 12.0. The summed E-state index contributed by atoms with van der Waals surface area (Å²) >= 11 is 4.83. The second-order valence-electron chi connectivity index (χ2n) is 7.89. The van der Waals surface area contributed by atoms with Gasteiger partial charge in [0.1, 0.15) is 0 Å². The fourth-order valence-electron chi connectivity index (χ4n) is 3.18. The minimum Gasteiger partial charge on any atom is -0.0579 e. The fourth-order valence-corrected chi connectivity index (χ4v) is 3.88. The maximum absolute atomic E-state index is 10.8. The first-order valence-electron chi connectivity index (χ1n) is 10.3. The van der Waals surface area contributed by atoms with Crippen molar-refractivity contribution in [2.75, 3.05) is 14.2 Å². The molecule has 2 fully saturated rings.